The lowest BCUT2D eigenvalue weighted by Gasteiger charge is -2.34. The number of amides is 3. The van der Waals surface area contributed by atoms with E-state index in [9.17, 15) is 19.6 Å². The van der Waals surface area contributed by atoms with Crippen LogP contribution in [0.2, 0.25) is 0 Å². The van der Waals surface area contributed by atoms with E-state index >= 15 is 0 Å². The third-order valence-electron chi connectivity index (χ3n) is 5.61. The fourth-order valence-corrected chi connectivity index (χ4v) is 4.50. The van der Waals surface area contributed by atoms with Gasteiger partial charge in [0.05, 0.1) is 6.07 Å². The Morgan fingerprint density at radius 3 is 2.25 bits per heavy atom. The number of carbonyl (C=O) groups excluding carboxylic acids is 3. The van der Waals surface area contributed by atoms with E-state index in [0.29, 0.717) is 17.7 Å². The number of nitrogens with zero attached hydrogens (tertiary/aromatic N) is 2. The van der Waals surface area contributed by atoms with E-state index in [1.54, 1.807) is 20.8 Å². The zero-order chi connectivity index (χ0) is 27.5. The van der Waals surface area contributed by atoms with Gasteiger partial charge in [0.25, 0.3) is 0 Å². The zero-order valence-electron chi connectivity index (χ0n) is 22.9. The van der Waals surface area contributed by atoms with E-state index in [1.165, 1.54) is 16.7 Å². The number of hydrogen-bond acceptors (Lipinski definition) is 6. The smallest absolute Gasteiger partial charge is 0.408 e. The van der Waals surface area contributed by atoms with Crippen LogP contribution < -0.4 is 10.6 Å². The van der Waals surface area contributed by atoms with E-state index in [1.807, 2.05) is 58.2 Å². The Hall–Kier alpha value is -2.73. The Balaban J connectivity index is 3.52. The summed E-state index contributed by atoms with van der Waals surface area (Å²) in [7, 11) is 0. The Morgan fingerprint density at radius 2 is 1.75 bits per heavy atom. The molecule has 1 aromatic carbocycles. The van der Waals surface area contributed by atoms with Crippen LogP contribution in [0.1, 0.15) is 76.6 Å². The second-order valence-electron chi connectivity index (χ2n) is 10.0. The van der Waals surface area contributed by atoms with Gasteiger partial charge in [-0.15, -0.1) is 0 Å². The highest BCUT2D eigenvalue weighted by Crippen LogP contribution is 2.29. The summed E-state index contributed by atoms with van der Waals surface area (Å²) in [5.41, 5.74) is 1.63. The molecule has 0 heterocycles. The van der Waals surface area contributed by atoms with Gasteiger partial charge >= 0.3 is 6.09 Å². The number of carbonyl (C=O) groups is 3. The highest BCUT2D eigenvalue weighted by molar-refractivity contribution is 7.98. The summed E-state index contributed by atoms with van der Waals surface area (Å²) in [6.07, 6.45) is 3.20. The van der Waals surface area contributed by atoms with Crippen LogP contribution in [0.4, 0.5) is 4.79 Å². The van der Waals surface area contributed by atoms with Crippen molar-refractivity contribution in [2.75, 3.05) is 18.6 Å². The third-order valence-corrected chi connectivity index (χ3v) is 6.25. The first-order chi connectivity index (χ1) is 16.9. The van der Waals surface area contributed by atoms with Crippen molar-refractivity contribution in [1.29, 1.82) is 5.26 Å². The molecule has 0 aliphatic rings. The lowest BCUT2D eigenvalue weighted by atomic mass is 9.93. The second-order valence-corrected chi connectivity index (χ2v) is 11.0. The van der Waals surface area contributed by atoms with Crippen LogP contribution in [0, 0.1) is 25.2 Å². The van der Waals surface area contributed by atoms with Gasteiger partial charge in [-0.2, -0.15) is 17.0 Å². The molecule has 0 bridgehead atoms. The summed E-state index contributed by atoms with van der Waals surface area (Å²) in [6, 6.07) is 5.65. The van der Waals surface area contributed by atoms with E-state index in [2.05, 4.69) is 10.6 Å². The van der Waals surface area contributed by atoms with Crippen molar-refractivity contribution in [2.45, 2.75) is 91.5 Å². The molecule has 8 nitrogen and oxygen atoms in total. The Kier molecular flexibility index (Phi) is 12.8. The highest BCUT2D eigenvalue weighted by atomic mass is 32.2. The van der Waals surface area contributed by atoms with Crippen molar-refractivity contribution < 1.29 is 19.1 Å². The van der Waals surface area contributed by atoms with Crippen molar-refractivity contribution in [1.82, 2.24) is 15.5 Å². The predicted molar refractivity (Wildman–Crippen MR) is 145 cm³/mol. The van der Waals surface area contributed by atoms with Crippen LogP contribution in [-0.4, -0.2) is 59.0 Å². The molecule has 1 rings (SSSR count). The maximum absolute atomic E-state index is 13.9. The number of aryl methyl sites for hydroxylation is 2. The molecular weight excluding hydrogens is 476 g/mol. The van der Waals surface area contributed by atoms with Crippen molar-refractivity contribution >= 4 is 29.7 Å². The topological polar surface area (TPSA) is 112 Å². The monoisotopic (exact) mass is 518 g/mol. The number of ether oxygens (including phenoxy) is 1. The average Bonchev–Trinajstić information content (AvgIpc) is 2.76. The first-order valence-corrected chi connectivity index (χ1v) is 13.8. The molecule has 0 saturated carbocycles. The van der Waals surface area contributed by atoms with Crippen LogP contribution in [-0.2, 0) is 14.3 Å². The van der Waals surface area contributed by atoms with Gasteiger partial charge in [-0.1, -0.05) is 31.5 Å². The van der Waals surface area contributed by atoms with E-state index in [4.69, 9.17) is 4.74 Å². The van der Waals surface area contributed by atoms with Crippen molar-refractivity contribution in [2.24, 2.45) is 0 Å². The number of nitrogens with one attached hydrogen (secondary N) is 2. The van der Waals surface area contributed by atoms with Crippen molar-refractivity contribution in [3.05, 3.63) is 34.9 Å². The minimum atomic E-state index is -1.02. The van der Waals surface area contributed by atoms with Gasteiger partial charge in [0, 0.05) is 6.04 Å². The molecule has 0 aliphatic heterocycles. The molecule has 0 aliphatic carbocycles. The van der Waals surface area contributed by atoms with Gasteiger partial charge in [-0.05, 0) is 83.1 Å². The quantitative estimate of drug-likeness (QED) is 0.390. The molecular formula is C27H42N4O4S. The Bertz CT molecular complexity index is 918. The third kappa shape index (κ3) is 9.73. The largest absolute Gasteiger partial charge is 0.444 e. The SMILES string of the molecule is CCCC(C)NC(=O)C(c1c(C)cccc1C)N(CC#N)C(=O)C(CCSC)NC(=O)OC(C)(C)C. The minimum absolute atomic E-state index is 0.0967. The summed E-state index contributed by atoms with van der Waals surface area (Å²) in [5, 5.41) is 15.4. The van der Waals surface area contributed by atoms with Gasteiger partial charge in [0.15, 0.2) is 0 Å². The van der Waals surface area contributed by atoms with Gasteiger partial charge in [-0.3, -0.25) is 9.59 Å². The van der Waals surface area contributed by atoms with Crippen LogP contribution in [0.5, 0.6) is 0 Å². The fourth-order valence-electron chi connectivity index (χ4n) is 4.03. The lowest BCUT2D eigenvalue weighted by molar-refractivity contribution is -0.142. The second kappa shape index (κ2) is 14.7. The highest BCUT2D eigenvalue weighted by Gasteiger charge is 2.37. The summed E-state index contributed by atoms with van der Waals surface area (Å²) in [6.45, 7) is 12.7. The number of nitriles is 1. The maximum Gasteiger partial charge on any atom is 0.408 e. The molecule has 200 valence electrons. The van der Waals surface area contributed by atoms with Gasteiger partial charge in [0.2, 0.25) is 11.8 Å². The van der Waals surface area contributed by atoms with Crippen molar-refractivity contribution in [3.63, 3.8) is 0 Å². The lowest BCUT2D eigenvalue weighted by Crippen LogP contribution is -2.54. The van der Waals surface area contributed by atoms with Gasteiger partial charge < -0.3 is 20.3 Å². The van der Waals surface area contributed by atoms with Crippen LogP contribution in [0.15, 0.2) is 18.2 Å². The van der Waals surface area contributed by atoms with E-state index < -0.39 is 29.7 Å². The molecule has 36 heavy (non-hydrogen) atoms. The van der Waals surface area contributed by atoms with Crippen LogP contribution in [0.25, 0.3) is 0 Å². The first-order valence-electron chi connectivity index (χ1n) is 12.4. The molecule has 0 fully saturated rings. The molecule has 1 aromatic rings. The zero-order valence-corrected chi connectivity index (χ0v) is 23.8. The van der Waals surface area contributed by atoms with Crippen molar-refractivity contribution in [3.8, 4) is 6.07 Å². The fraction of sp³-hybridized carbons (Fsp3) is 0.630. The standard InChI is InChI=1S/C27H42N4O4S/c1-9-11-20(4)29-24(32)23(22-18(2)12-10-13-19(22)3)31(16-15-28)25(33)21(14-17-36-8)30-26(34)35-27(5,6)7/h10,12-13,20-21,23H,9,11,14,16-17H2,1-8H3,(H,29,32)(H,30,34). The predicted octanol–water partition coefficient (Wildman–Crippen LogP) is 4.65. The number of hydrogen-bond donors (Lipinski definition) is 2. The molecule has 0 spiro atoms. The maximum atomic E-state index is 13.9. The molecule has 3 unspecified atom stereocenters. The van der Waals surface area contributed by atoms with E-state index in [0.717, 1.165) is 24.0 Å². The Labute approximate surface area is 220 Å². The van der Waals surface area contributed by atoms with Crippen LogP contribution in [0.3, 0.4) is 0 Å². The molecule has 3 atom stereocenters. The van der Waals surface area contributed by atoms with E-state index in [-0.39, 0.29) is 18.5 Å². The molecule has 3 amide bonds. The Morgan fingerprint density at radius 1 is 1.14 bits per heavy atom. The number of benzene rings is 1. The number of alkyl carbamates (subject to hydrolysis) is 1. The number of thioether (sulfide) groups is 1. The minimum Gasteiger partial charge on any atom is -0.444 e. The van der Waals surface area contributed by atoms with Gasteiger partial charge in [-0.25, -0.2) is 4.79 Å². The summed E-state index contributed by atoms with van der Waals surface area (Å²) < 4.78 is 5.38. The molecule has 0 radical (unpaired) electrons. The molecule has 9 heteroatoms. The summed E-state index contributed by atoms with van der Waals surface area (Å²) in [5.74, 6) is -0.249. The van der Waals surface area contributed by atoms with Crippen LogP contribution >= 0.6 is 11.8 Å². The summed E-state index contributed by atoms with van der Waals surface area (Å²) in [4.78, 5) is 41.4. The molecule has 2 N–H and O–H groups in total. The first kappa shape index (κ1) is 31.3. The molecule has 0 aromatic heterocycles. The average molecular weight is 519 g/mol. The normalized spacial score (nSPS) is 13.6. The summed E-state index contributed by atoms with van der Waals surface area (Å²) >= 11 is 1.54. The van der Waals surface area contributed by atoms with Gasteiger partial charge in [0.1, 0.15) is 24.2 Å². The number of rotatable bonds is 12. The molecule has 0 saturated heterocycles.